The number of nitrogens with zero attached hydrogens (tertiary/aromatic N) is 1. The largest absolute Gasteiger partial charge is 0.490 e. The molecule has 0 radical (unpaired) electrons. The van der Waals surface area contributed by atoms with Crippen molar-refractivity contribution in [3.63, 3.8) is 0 Å². The van der Waals surface area contributed by atoms with E-state index in [9.17, 15) is 19.7 Å². The van der Waals surface area contributed by atoms with Gasteiger partial charge in [0.05, 0.1) is 28.6 Å². The fourth-order valence-corrected chi connectivity index (χ4v) is 3.14. The van der Waals surface area contributed by atoms with Crippen molar-refractivity contribution in [2.24, 2.45) is 0 Å². The summed E-state index contributed by atoms with van der Waals surface area (Å²) >= 11 is 1.20. The van der Waals surface area contributed by atoms with Gasteiger partial charge in [-0.2, -0.15) is 0 Å². The van der Waals surface area contributed by atoms with Crippen molar-refractivity contribution in [2.45, 2.75) is 11.3 Å². The Bertz CT molecular complexity index is 928. The van der Waals surface area contributed by atoms with E-state index in [0.29, 0.717) is 35.2 Å². The van der Waals surface area contributed by atoms with Crippen LogP contribution >= 0.6 is 11.8 Å². The first-order valence-electron chi connectivity index (χ1n) is 8.42. The van der Waals surface area contributed by atoms with Crippen molar-refractivity contribution in [2.75, 3.05) is 26.1 Å². The van der Waals surface area contributed by atoms with Gasteiger partial charge in [-0.1, -0.05) is 0 Å². The van der Waals surface area contributed by atoms with Crippen molar-refractivity contribution in [3.8, 4) is 11.5 Å². The molecule has 3 rings (SSSR count). The Balaban J connectivity index is 1.68. The lowest BCUT2D eigenvalue weighted by atomic mass is 10.1. The second kappa shape index (κ2) is 8.75. The van der Waals surface area contributed by atoms with Gasteiger partial charge < -0.3 is 14.2 Å². The van der Waals surface area contributed by atoms with Crippen LogP contribution in [0.3, 0.4) is 0 Å². The van der Waals surface area contributed by atoms with E-state index in [1.807, 2.05) is 0 Å². The van der Waals surface area contributed by atoms with E-state index < -0.39 is 23.3 Å². The highest BCUT2D eigenvalue weighted by Gasteiger charge is 2.20. The third kappa shape index (κ3) is 4.42. The van der Waals surface area contributed by atoms with Crippen molar-refractivity contribution < 1.29 is 28.7 Å². The van der Waals surface area contributed by atoms with E-state index in [4.69, 9.17) is 14.2 Å². The molecule has 0 aromatic heterocycles. The smallest absolute Gasteiger partial charge is 0.338 e. The summed E-state index contributed by atoms with van der Waals surface area (Å²) in [6.45, 7) is 0.542. The van der Waals surface area contributed by atoms with Crippen LogP contribution in [0.4, 0.5) is 5.69 Å². The Morgan fingerprint density at radius 1 is 1.11 bits per heavy atom. The van der Waals surface area contributed by atoms with Gasteiger partial charge in [0.2, 0.25) is 0 Å². The molecule has 1 heterocycles. The zero-order valence-corrected chi connectivity index (χ0v) is 15.8. The lowest BCUT2D eigenvalue weighted by Crippen LogP contribution is -2.14. The minimum Gasteiger partial charge on any atom is -0.490 e. The van der Waals surface area contributed by atoms with Crippen molar-refractivity contribution in [3.05, 3.63) is 57.6 Å². The average Bonchev–Trinajstić information content (AvgIpc) is 2.95. The van der Waals surface area contributed by atoms with Crippen LogP contribution in [0.5, 0.6) is 11.5 Å². The molecule has 2 aromatic carbocycles. The van der Waals surface area contributed by atoms with Gasteiger partial charge in [0, 0.05) is 18.1 Å². The van der Waals surface area contributed by atoms with Gasteiger partial charge in [0.1, 0.15) is 0 Å². The van der Waals surface area contributed by atoms with Gasteiger partial charge in [0.15, 0.2) is 23.9 Å². The number of hydrogen-bond acceptors (Lipinski definition) is 8. The summed E-state index contributed by atoms with van der Waals surface area (Å²) in [6.07, 6.45) is 2.45. The Morgan fingerprint density at radius 3 is 2.54 bits per heavy atom. The van der Waals surface area contributed by atoms with Gasteiger partial charge in [0.25, 0.3) is 5.69 Å². The quantitative estimate of drug-likeness (QED) is 0.237. The minimum absolute atomic E-state index is 0.0101. The highest BCUT2D eigenvalue weighted by Crippen LogP contribution is 2.31. The van der Waals surface area contributed by atoms with Gasteiger partial charge in [-0.25, -0.2) is 4.79 Å². The summed E-state index contributed by atoms with van der Waals surface area (Å²) in [5, 5.41) is 11.1. The predicted molar refractivity (Wildman–Crippen MR) is 102 cm³/mol. The van der Waals surface area contributed by atoms with Crippen molar-refractivity contribution in [1.29, 1.82) is 0 Å². The number of esters is 1. The molecule has 0 unspecified atom stereocenters. The predicted octanol–water partition coefficient (Wildman–Crippen LogP) is 3.52. The molecule has 2 aromatic rings. The number of hydrogen-bond donors (Lipinski definition) is 0. The maximum Gasteiger partial charge on any atom is 0.338 e. The number of nitro benzene ring substituents is 1. The van der Waals surface area contributed by atoms with Gasteiger partial charge in [-0.15, -0.1) is 11.8 Å². The zero-order valence-electron chi connectivity index (χ0n) is 15.0. The van der Waals surface area contributed by atoms with Crippen LogP contribution in [0.25, 0.3) is 0 Å². The molecule has 9 heteroatoms. The van der Waals surface area contributed by atoms with Crippen LogP contribution in [0.2, 0.25) is 0 Å². The molecule has 0 aliphatic carbocycles. The molecule has 28 heavy (non-hydrogen) atoms. The van der Waals surface area contributed by atoms with E-state index in [1.54, 1.807) is 24.5 Å². The molecule has 0 bridgehead atoms. The Hall–Kier alpha value is -3.07. The standard InChI is InChI=1S/C19H17NO7S/c1-28-18-6-4-13(9-14(18)20(23)24)19(22)27-11-15(21)12-3-5-16-17(10-12)26-8-2-7-25-16/h3-6,9-10H,2,7-8,11H2,1H3. The SMILES string of the molecule is CSc1ccc(C(=O)OCC(=O)c2ccc3c(c2)OCCCO3)cc1[N+](=O)[O-]. The van der Waals surface area contributed by atoms with Crippen molar-refractivity contribution in [1.82, 2.24) is 0 Å². The summed E-state index contributed by atoms with van der Waals surface area (Å²) in [5.74, 6) is -0.192. The highest BCUT2D eigenvalue weighted by atomic mass is 32.2. The molecular formula is C19H17NO7S. The Kier molecular flexibility index (Phi) is 6.15. The molecule has 0 N–H and O–H groups in total. The molecule has 0 saturated carbocycles. The third-order valence-electron chi connectivity index (χ3n) is 4.02. The van der Waals surface area contributed by atoms with Crippen LogP contribution < -0.4 is 9.47 Å². The maximum absolute atomic E-state index is 12.3. The third-order valence-corrected chi connectivity index (χ3v) is 4.80. The second-order valence-corrected chi connectivity index (χ2v) is 6.70. The lowest BCUT2D eigenvalue weighted by Gasteiger charge is -2.09. The van der Waals surface area contributed by atoms with Crippen molar-refractivity contribution >= 4 is 29.2 Å². The molecular weight excluding hydrogens is 386 g/mol. The number of Topliss-reactive ketones (excluding diaryl/α,β-unsaturated/α-hetero) is 1. The monoisotopic (exact) mass is 403 g/mol. The van der Waals surface area contributed by atoms with E-state index >= 15 is 0 Å². The molecule has 1 aliphatic rings. The van der Waals surface area contributed by atoms with Crippen LogP contribution in [0.15, 0.2) is 41.3 Å². The van der Waals surface area contributed by atoms with E-state index in [0.717, 1.165) is 12.5 Å². The van der Waals surface area contributed by atoms with E-state index in [2.05, 4.69) is 0 Å². The Labute approximate surface area is 164 Å². The molecule has 1 aliphatic heterocycles. The number of thioether (sulfide) groups is 1. The second-order valence-electron chi connectivity index (χ2n) is 5.86. The number of ether oxygens (including phenoxy) is 3. The molecule has 146 valence electrons. The minimum atomic E-state index is -0.807. The topological polar surface area (TPSA) is 105 Å². The normalized spacial score (nSPS) is 12.8. The number of fused-ring (bicyclic) bond motifs is 1. The van der Waals surface area contributed by atoms with Gasteiger partial charge >= 0.3 is 5.97 Å². The van der Waals surface area contributed by atoms with Crippen LogP contribution in [-0.4, -0.2) is 42.8 Å². The number of carbonyl (C=O) groups is 2. The maximum atomic E-state index is 12.3. The van der Waals surface area contributed by atoms with E-state index in [1.165, 1.54) is 23.9 Å². The molecule has 8 nitrogen and oxygen atoms in total. The molecule has 0 fully saturated rings. The highest BCUT2D eigenvalue weighted by molar-refractivity contribution is 7.98. The summed E-state index contributed by atoms with van der Waals surface area (Å²) in [6, 6.07) is 8.81. The Morgan fingerprint density at radius 2 is 1.82 bits per heavy atom. The molecule has 0 atom stereocenters. The summed E-state index contributed by atoms with van der Waals surface area (Å²) in [7, 11) is 0. The van der Waals surface area contributed by atoms with Crippen LogP contribution in [0, 0.1) is 10.1 Å². The fourth-order valence-electron chi connectivity index (χ4n) is 2.59. The van der Waals surface area contributed by atoms with Crippen LogP contribution in [-0.2, 0) is 4.74 Å². The summed E-state index contributed by atoms with van der Waals surface area (Å²) in [5.41, 5.74) is 0.146. The lowest BCUT2D eigenvalue weighted by molar-refractivity contribution is -0.387. The first-order valence-corrected chi connectivity index (χ1v) is 9.64. The number of rotatable bonds is 6. The molecule has 0 amide bonds. The van der Waals surface area contributed by atoms with Crippen LogP contribution in [0.1, 0.15) is 27.1 Å². The average molecular weight is 403 g/mol. The number of nitro groups is 1. The molecule has 0 saturated heterocycles. The summed E-state index contributed by atoms with van der Waals surface area (Å²) in [4.78, 5) is 35.5. The first-order chi connectivity index (χ1) is 13.5. The fraction of sp³-hybridized carbons (Fsp3) is 0.263. The number of benzene rings is 2. The van der Waals surface area contributed by atoms with E-state index in [-0.39, 0.29) is 11.3 Å². The van der Waals surface area contributed by atoms with Gasteiger partial charge in [-0.3, -0.25) is 14.9 Å². The zero-order chi connectivity index (χ0) is 20.1. The molecule has 0 spiro atoms. The first kappa shape index (κ1) is 19.7. The summed E-state index contributed by atoms with van der Waals surface area (Å²) < 4.78 is 16.1. The number of carbonyl (C=O) groups excluding carboxylic acids is 2. The number of ketones is 1. The van der Waals surface area contributed by atoms with Gasteiger partial charge in [-0.05, 0) is 36.6 Å².